The van der Waals surface area contributed by atoms with Crippen LogP contribution in [0.1, 0.15) is 0 Å². The van der Waals surface area contributed by atoms with Crippen molar-refractivity contribution in [2.75, 3.05) is 65.3 Å². The van der Waals surface area contributed by atoms with Crippen molar-refractivity contribution < 1.29 is 14.7 Å². The molecule has 1 aliphatic heterocycles. The number of phenols is 1. The van der Waals surface area contributed by atoms with Crippen LogP contribution < -0.4 is 4.90 Å². The summed E-state index contributed by atoms with van der Waals surface area (Å²) in [5.41, 5.74) is 1.05. The fraction of sp³-hybridized carbons (Fsp3) is 0.529. The molecule has 132 valence electrons. The summed E-state index contributed by atoms with van der Waals surface area (Å²) in [6.07, 6.45) is 0. The maximum Gasteiger partial charge on any atom is 0.236 e. The number of phenolic OH excluding ortho intramolecular Hbond substituents is 1. The SMILES string of the molecule is CN(CC(=O)N(C)C)CC(=O)N1CCN(c2ccc(O)cc2)CC1. The molecule has 1 heterocycles. The first kappa shape index (κ1) is 18.1. The molecular weight excluding hydrogens is 308 g/mol. The topological polar surface area (TPSA) is 67.3 Å². The van der Waals surface area contributed by atoms with E-state index >= 15 is 0 Å². The Labute approximate surface area is 143 Å². The van der Waals surface area contributed by atoms with Crippen LogP contribution in [0.2, 0.25) is 0 Å². The van der Waals surface area contributed by atoms with Gasteiger partial charge in [-0.3, -0.25) is 14.5 Å². The molecule has 0 bridgehead atoms. The van der Waals surface area contributed by atoms with E-state index in [1.807, 2.05) is 17.0 Å². The fourth-order valence-corrected chi connectivity index (χ4v) is 2.64. The van der Waals surface area contributed by atoms with Gasteiger partial charge in [-0.05, 0) is 31.3 Å². The molecule has 2 rings (SSSR count). The molecule has 0 aromatic heterocycles. The molecule has 0 saturated carbocycles. The van der Waals surface area contributed by atoms with Crippen molar-refractivity contribution in [3.8, 4) is 5.75 Å². The predicted molar refractivity (Wildman–Crippen MR) is 93.1 cm³/mol. The summed E-state index contributed by atoms with van der Waals surface area (Å²) >= 11 is 0. The molecule has 0 spiro atoms. The van der Waals surface area contributed by atoms with E-state index in [1.165, 1.54) is 4.90 Å². The molecular formula is C17H26N4O3. The Hall–Kier alpha value is -2.28. The highest BCUT2D eigenvalue weighted by atomic mass is 16.3. The zero-order valence-electron chi connectivity index (χ0n) is 14.6. The molecule has 0 aliphatic carbocycles. The third kappa shape index (κ3) is 4.86. The lowest BCUT2D eigenvalue weighted by atomic mass is 10.2. The summed E-state index contributed by atoms with van der Waals surface area (Å²) in [6, 6.07) is 7.11. The maximum atomic E-state index is 12.4. The minimum atomic E-state index is -0.0116. The van der Waals surface area contributed by atoms with Gasteiger partial charge in [-0.25, -0.2) is 0 Å². The molecule has 1 saturated heterocycles. The van der Waals surface area contributed by atoms with E-state index in [1.54, 1.807) is 38.2 Å². The average Bonchev–Trinajstić information content (AvgIpc) is 2.55. The number of anilines is 1. The lowest BCUT2D eigenvalue weighted by Crippen LogP contribution is -2.51. The van der Waals surface area contributed by atoms with Gasteiger partial charge in [0, 0.05) is 46.0 Å². The first-order valence-corrected chi connectivity index (χ1v) is 8.07. The quantitative estimate of drug-likeness (QED) is 0.825. The zero-order valence-corrected chi connectivity index (χ0v) is 14.6. The van der Waals surface area contributed by atoms with Crippen LogP contribution in [-0.4, -0.2) is 92.0 Å². The van der Waals surface area contributed by atoms with Gasteiger partial charge in [-0.2, -0.15) is 0 Å². The second-order valence-corrected chi connectivity index (χ2v) is 6.34. The molecule has 1 aliphatic rings. The van der Waals surface area contributed by atoms with Gasteiger partial charge in [0.2, 0.25) is 11.8 Å². The third-order valence-electron chi connectivity index (χ3n) is 4.16. The Morgan fingerprint density at radius 1 is 1.00 bits per heavy atom. The number of nitrogens with zero attached hydrogens (tertiary/aromatic N) is 4. The van der Waals surface area contributed by atoms with Crippen LogP contribution in [0.5, 0.6) is 5.75 Å². The zero-order chi connectivity index (χ0) is 17.7. The molecule has 1 fully saturated rings. The molecule has 24 heavy (non-hydrogen) atoms. The van der Waals surface area contributed by atoms with Gasteiger partial charge in [0.25, 0.3) is 0 Å². The smallest absolute Gasteiger partial charge is 0.236 e. The molecule has 1 aromatic rings. The molecule has 7 heteroatoms. The Kier molecular flexibility index (Phi) is 6.03. The van der Waals surface area contributed by atoms with E-state index in [0.717, 1.165) is 18.8 Å². The molecule has 1 aromatic carbocycles. The van der Waals surface area contributed by atoms with E-state index in [4.69, 9.17) is 0 Å². The molecule has 0 unspecified atom stereocenters. The van der Waals surface area contributed by atoms with Crippen molar-refractivity contribution >= 4 is 17.5 Å². The summed E-state index contributed by atoms with van der Waals surface area (Å²) in [5.74, 6) is 0.291. The normalized spacial score (nSPS) is 14.8. The number of piperazine rings is 1. The highest BCUT2D eigenvalue weighted by Crippen LogP contribution is 2.19. The Morgan fingerprint density at radius 2 is 1.58 bits per heavy atom. The van der Waals surface area contributed by atoms with Gasteiger partial charge < -0.3 is 19.8 Å². The predicted octanol–water partition coefficient (Wildman–Crippen LogP) is 0.0608. The van der Waals surface area contributed by atoms with Crippen LogP contribution in [0, 0.1) is 0 Å². The third-order valence-corrected chi connectivity index (χ3v) is 4.16. The highest BCUT2D eigenvalue weighted by Gasteiger charge is 2.22. The molecule has 0 atom stereocenters. The van der Waals surface area contributed by atoms with E-state index in [0.29, 0.717) is 13.1 Å². The number of aromatic hydroxyl groups is 1. The van der Waals surface area contributed by atoms with Crippen molar-refractivity contribution in [2.45, 2.75) is 0 Å². The number of hydrogen-bond acceptors (Lipinski definition) is 5. The number of likely N-dealkylation sites (N-methyl/N-ethyl adjacent to an activating group) is 2. The first-order valence-electron chi connectivity index (χ1n) is 8.07. The van der Waals surface area contributed by atoms with Crippen LogP contribution in [-0.2, 0) is 9.59 Å². The number of rotatable bonds is 5. The van der Waals surface area contributed by atoms with Crippen LogP contribution in [0.15, 0.2) is 24.3 Å². The summed E-state index contributed by atoms with van der Waals surface area (Å²) < 4.78 is 0. The second kappa shape index (κ2) is 8.01. The Morgan fingerprint density at radius 3 is 2.12 bits per heavy atom. The summed E-state index contributed by atoms with van der Waals surface area (Å²) in [6.45, 7) is 3.34. The van der Waals surface area contributed by atoms with E-state index < -0.39 is 0 Å². The fourth-order valence-electron chi connectivity index (χ4n) is 2.64. The van der Waals surface area contributed by atoms with Crippen molar-refractivity contribution in [1.82, 2.24) is 14.7 Å². The highest BCUT2D eigenvalue weighted by molar-refractivity contribution is 5.81. The van der Waals surface area contributed by atoms with E-state index in [-0.39, 0.29) is 30.7 Å². The van der Waals surface area contributed by atoms with Gasteiger partial charge in [-0.1, -0.05) is 0 Å². The molecule has 2 amide bonds. The summed E-state index contributed by atoms with van der Waals surface area (Å²) in [7, 11) is 5.20. The lowest BCUT2D eigenvalue weighted by Gasteiger charge is -2.36. The first-order chi connectivity index (χ1) is 11.4. The number of hydrogen-bond donors (Lipinski definition) is 1. The van der Waals surface area contributed by atoms with Crippen molar-refractivity contribution in [1.29, 1.82) is 0 Å². The number of carbonyl (C=O) groups excluding carboxylic acids is 2. The number of benzene rings is 1. The van der Waals surface area contributed by atoms with E-state index in [9.17, 15) is 14.7 Å². The second-order valence-electron chi connectivity index (χ2n) is 6.34. The minimum Gasteiger partial charge on any atom is -0.508 e. The summed E-state index contributed by atoms with van der Waals surface area (Å²) in [4.78, 5) is 31.3. The van der Waals surface area contributed by atoms with Crippen LogP contribution in [0.25, 0.3) is 0 Å². The molecule has 1 N–H and O–H groups in total. The monoisotopic (exact) mass is 334 g/mol. The standard InChI is InChI=1S/C17H26N4O3/c1-18(2)16(23)12-19(3)13-17(24)21-10-8-20(9-11-21)14-4-6-15(22)7-5-14/h4-7,22H,8-13H2,1-3H3. The maximum absolute atomic E-state index is 12.4. The van der Waals surface area contributed by atoms with Gasteiger partial charge in [0.15, 0.2) is 0 Å². The lowest BCUT2D eigenvalue weighted by molar-refractivity contribution is -0.134. The summed E-state index contributed by atoms with van der Waals surface area (Å²) in [5, 5.41) is 9.35. The van der Waals surface area contributed by atoms with Gasteiger partial charge in [0.1, 0.15) is 5.75 Å². The van der Waals surface area contributed by atoms with Crippen LogP contribution in [0.4, 0.5) is 5.69 Å². The van der Waals surface area contributed by atoms with Gasteiger partial charge >= 0.3 is 0 Å². The van der Waals surface area contributed by atoms with Crippen molar-refractivity contribution in [2.24, 2.45) is 0 Å². The number of carbonyl (C=O) groups is 2. The largest absolute Gasteiger partial charge is 0.508 e. The molecule has 7 nitrogen and oxygen atoms in total. The van der Waals surface area contributed by atoms with Gasteiger partial charge in [-0.15, -0.1) is 0 Å². The van der Waals surface area contributed by atoms with Crippen molar-refractivity contribution in [3.63, 3.8) is 0 Å². The minimum absolute atomic E-state index is 0.0116. The van der Waals surface area contributed by atoms with Crippen LogP contribution >= 0.6 is 0 Å². The molecule has 0 radical (unpaired) electrons. The van der Waals surface area contributed by atoms with Gasteiger partial charge in [0.05, 0.1) is 13.1 Å². The number of amides is 2. The van der Waals surface area contributed by atoms with Crippen LogP contribution in [0.3, 0.4) is 0 Å². The Balaban J connectivity index is 1.80. The van der Waals surface area contributed by atoms with E-state index in [2.05, 4.69) is 4.90 Å². The Bertz CT molecular complexity index is 566. The van der Waals surface area contributed by atoms with Crippen molar-refractivity contribution in [3.05, 3.63) is 24.3 Å². The average molecular weight is 334 g/mol.